The second-order valence-electron chi connectivity index (χ2n) is 15.4. The summed E-state index contributed by atoms with van der Waals surface area (Å²) in [4.78, 5) is 1.87. The van der Waals surface area contributed by atoms with E-state index in [0.29, 0.717) is 16.9 Å². The summed E-state index contributed by atoms with van der Waals surface area (Å²) < 4.78 is 38.3. The molecule has 0 fully saturated rings. The third-order valence-corrected chi connectivity index (χ3v) is 11.8. The molecule has 1 nitrogen and oxygen atoms in total. The van der Waals surface area contributed by atoms with Gasteiger partial charge in [-0.15, -0.1) is 0 Å². The monoisotopic (exact) mass is 779 g/mol. The molecule has 0 radical (unpaired) electrons. The third-order valence-electron chi connectivity index (χ3n) is 11.8. The molecular formula is C60H41N. The van der Waals surface area contributed by atoms with E-state index in [-0.39, 0.29) is 35.4 Å². The van der Waals surface area contributed by atoms with Crippen LogP contribution in [0.3, 0.4) is 0 Å². The number of anilines is 3. The van der Waals surface area contributed by atoms with Crippen LogP contribution in [0.5, 0.6) is 0 Å². The third kappa shape index (κ3) is 6.83. The first-order valence-corrected chi connectivity index (χ1v) is 20.7. The molecule has 1 heteroatoms. The Morgan fingerprint density at radius 1 is 0.246 bits per heavy atom. The first-order valence-electron chi connectivity index (χ1n) is 22.7. The first kappa shape index (κ1) is 31.9. The standard InChI is InChI=1S/C60H41N/c1-2-12-46(13-3-1)59-41-34-47-16-6-9-21-58(47)60(59)50-32-39-53(40-33-50)61(52-37-30-49(31-38-52)57-23-11-18-45-15-5-8-20-55(45)57)51-35-28-43(29-36-51)42-24-26-48(27-25-42)56-22-10-17-44-14-4-7-19-54(44)56/h1-41H/i28D,29D,35D,36D. The van der Waals surface area contributed by atoms with Gasteiger partial charge in [0, 0.05) is 17.1 Å². The second kappa shape index (κ2) is 15.6. The maximum Gasteiger partial charge on any atom is 0.0645 e. The quantitative estimate of drug-likeness (QED) is 0.148. The molecule has 0 amide bonds. The minimum absolute atomic E-state index is 0.101. The van der Waals surface area contributed by atoms with Crippen LogP contribution in [0, 0.1) is 0 Å². The van der Waals surface area contributed by atoms with E-state index in [4.69, 9.17) is 0 Å². The Labute approximate surface area is 362 Å². The fourth-order valence-electron chi connectivity index (χ4n) is 8.75. The van der Waals surface area contributed by atoms with Gasteiger partial charge in [-0.2, -0.15) is 0 Å². The van der Waals surface area contributed by atoms with Crippen molar-refractivity contribution in [1.82, 2.24) is 0 Å². The van der Waals surface area contributed by atoms with E-state index in [9.17, 15) is 5.48 Å². The van der Waals surface area contributed by atoms with E-state index >= 15 is 0 Å². The fraction of sp³-hybridized carbons (Fsp3) is 0. The predicted molar refractivity (Wildman–Crippen MR) is 261 cm³/mol. The zero-order valence-corrected chi connectivity index (χ0v) is 33.3. The highest BCUT2D eigenvalue weighted by Gasteiger charge is 2.17. The van der Waals surface area contributed by atoms with Gasteiger partial charge in [0.25, 0.3) is 0 Å². The molecular weight excluding hydrogens is 735 g/mol. The van der Waals surface area contributed by atoms with Crippen molar-refractivity contribution in [1.29, 1.82) is 0 Å². The molecule has 0 atom stereocenters. The highest BCUT2D eigenvalue weighted by Crippen LogP contribution is 2.42. The van der Waals surface area contributed by atoms with Crippen LogP contribution in [-0.4, -0.2) is 0 Å². The van der Waals surface area contributed by atoms with E-state index in [1.807, 2.05) is 77.7 Å². The highest BCUT2D eigenvalue weighted by molar-refractivity contribution is 6.04. The molecule has 0 aromatic heterocycles. The van der Waals surface area contributed by atoms with Gasteiger partial charge in [0.2, 0.25) is 0 Å². The van der Waals surface area contributed by atoms with Gasteiger partial charge >= 0.3 is 0 Å². The van der Waals surface area contributed by atoms with E-state index < -0.39 is 0 Å². The van der Waals surface area contributed by atoms with E-state index in [1.165, 1.54) is 0 Å². The number of nitrogens with zero attached hydrogens (tertiary/aromatic N) is 1. The molecule has 0 bridgehead atoms. The number of rotatable bonds is 8. The van der Waals surface area contributed by atoms with Crippen LogP contribution in [0.15, 0.2) is 249 Å². The summed E-state index contributed by atoms with van der Waals surface area (Å²) >= 11 is 0. The largest absolute Gasteiger partial charge is 0.311 e. The average Bonchev–Trinajstić information content (AvgIpc) is 3.37. The zero-order chi connectivity index (χ0) is 44.0. The van der Waals surface area contributed by atoms with Gasteiger partial charge in [-0.1, -0.05) is 212 Å². The van der Waals surface area contributed by atoms with Crippen LogP contribution in [0.4, 0.5) is 17.1 Å². The summed E-state index contributed by atoms with van der Waals surface area (Å²) in [5.41, 5.74) is 11.1. The number of hydrogen-bond acceptors (Lipinski definition) is 1. The summed E-state index contributed by atoms with van der Waals surface area (Å²) in [5, 5.41) is 6.89. The Kier molecular flexibility index (Phi) is 8.18. The molecule has 0 N–H and O–H groups in total. The van der Waals surface area contributed by atoms with Crippen LogP contribution < -0.4 is 4.90 Å². The molecule has 61 heavy (non-hydrogen) atoms. The first-order chi connectivity index (χ1) is 31.9. The maximum atomic E-state index is 9.64. The lowest BCUT2D eigenvalue weighted by atomic mass is 9.89. The number of benzene rings is 11. The van der Waals surface area contributed by atoms with Crippen molar-refractivity contribution in [2.45, 2.75) is 0 Å². The SMILES string of the molecule is [2H]c1c([2H])c(N(c2ccc(-c3cccc4ccccc34)cc2)c2ccc(-c3c(-c4ccccc4)ccc4ccccc34)cc2)c([2H])c([2H])c1-c1ccc(-c2cccc3ccccc23)cc1. The number of hydrogen-bond donors (Lipinski definition) is 0. The minimum Gasteiger partial charge on any atom is -0.311 e. The van der Waals surface area contributed by atoms with Crippen LogP contribution >= 0.6 is 0 Å². The van der Waals surface area contributed by atoms with Gasteiger partial charge in [0.15, 0.2) is 0 Å². The van der Waals surface area contributed by atoms with E-state index in [2.05, 4.69) is 152 Å². The lowest BCUT2D eigenvalue weighted by molar-refractivity contribution is 1.28. The van der Waals surface area contributed by atoms with Gasteiger partial charge in [-0.05, 0) is 124 Å². The molecule has 0 saturated carbocycles. The summed E-state index contributed by atoms with van der Waals surface area (Å²) in [6.07, 6.45) is 0. The van der Waals surface area contributed by atoms with Crippen LogP contribution in [0.2, 0.25) is 0 Å². The van der Waals surface area contributed by atoms with Crippen molar-refractivity contribution in [3.05, 3.63) is 249 Å². The van der Waals surface area contributed by atoms with Crippen molar-refractivity contribution in [2.75, 3.05) is 4.90 Å². The summed E-state index contributed by atoms with van der Waals surface area (Å²) in [6.45, 7) is 0. The van der Waals surface area contributed by atoms with Gasteiger partial charge < -0.3 is 4.90 Å². The van der Waals surface area contributed by atoms with Crippen molar-refractivity contribution in [3.63, 3.8) is 0 Å². The lowest BCUT2D eigenvalue weighted by Gasteiger charge is -2.26. The Morgan fingerprint density at radius 2 is 0.672 bits per heavy atom. The molecule has 0 spiro atoms. The molecule has 11 aromatic carbocycles. The predicted octanol–water partition coefficient (Wildman–Crippen LogP) is 17.0. The Morgan fingerprint density at radius 3 is 1.25 bits per heavy atom. The summed E-state index contributed by atoms with van der Waals surface area (Å²) in [6, 6.07) is 76.2. The summed E-state index contributed by atoms with van der Waals surface area (Å²) in [7, 11) is 0. The van der Waals surface area contributed by atoms with E-state index in [1.54, 1.807) is 0 Å². The fourth-order valence-corrected chi connectivity index (χ4v) is 8.75. The summed E-state index contributed by atoms with van der Waals surface area (Å²) in [5.74, 6) is 0. The molecule has 0 aliphatic rings. The number of fused-ring (bicyclic) bond motifs is 3. The van der Waals surface area contributed by atoms with Crippen molar-refractivity contribution >= 4 is 49.4 Å². The Balaban J connectivity index is 1.04. The molecule has 11 rings (SSSR count). The van der Waals surface area contributed by atoms with Gasteiger partial charge in [-0.3, -0.25) is 0 Å². The van der Waals surface area contributed by atoms with Crippen molar-refractivity contribution in [2.24, 2.45) is 0 Å². The van der Waals surface area contributed by atoms with Crippen LogP contribution in [0.25, 0.3) is 88.0 Å². The average molecular weight is 780 g/mol. The molecule has 0 saturated heterocycles. The molecule has 0 aliphatic carbocycles. The topological polar surface area (TPSA) is 3.24 Å². The Bertz CT molecular complexity index is 3530. The van der Waals surface area contributed by atoms with Gasteiger partial charge in [0.05, 0.1) is 5.48 Å². The molecule has 0 aliphatic heterocycles. The molecule has 286 valence electrons. The van der Waals surface area contributed by atoms with Crippen molar-refractivity contribution in [3.8, 4) is 55.6 Å². The van der Waals surface area contributed by atoms with Gasteiger partial charge in [-0.25, -0.2) is 0 Å². The van der Waals surface area contributed by atoms with E-state index in [0.717, 1.165) is 76.8 Å². The van der Waals surface area contributed by atoms with Crippen molar-refractivity contribution < 1.29 is 5.48 Å². The Hall–Kier alpha value is -8.00. The molecule has 11 aromatic rings. The minimum atomic E-state index is -0.123. The smallest absolute Gasteiger partial charge is 0.0645 e. The van der Waals surface area contributed by atoms with Crippen LogP contribution in [-0.2, 0) is 0 Å². The normalized spacial score (nSPS) is 12.2. The molecule has 0 unspecified atom stereocenters. The van der Waals surface area contributed by atoms with Gasteiger partial charge in [0.1, 0.15) is 0 Å². The lowest BCUT2D eigenvalue weighted by Crippen LogP contribution is -2.09. The zero-order valence-electron chi connectivity index (χ0n) is 37.3. The highest BCUT2D eigenvalue weighted by atomic mass is 15.1. The second-order valence-corrected chi connectivity index (χ2v) is 15.4. The molecule has 0 heterocycles. The van der Waals surface area contributed by atoms with Crippen LogP contribution in [0.1, 0.15) is 5.48 Å². The maximum absolute atomic E-state index is 9.64.